The highest BCUT2D eigenvalue weighted by atomic mass is 16.5. The summed E-state index contributed by atoms with van der Waals surface area (Å²) in [7, 11) is 1.57. The van der Waals surface area contributed by atoms with Crippen molar-refractivity contribution >= 4 is 17.2 Å². The first-order valence-corrected chi connectivity index (χ1v) is 11.1. The molecule has 3 heteroatoms. The first-order valence-electron chi connectivity index (χ1n) is 11.1. The van der Waals surface area contributed by atoms with E-state index < -0.39 is 0 Å². The molecule has 3 nitrogen and oxygen atoms in total. The number of aliphatic imine (C=N–C) groups is 1. The second-order valence-corrected chi connectivity index (χ2v) is 7.47. The summed E-state index contributed by atoms with van der Waals surface area (Å²) in [6, 6.07) is 20.0. The highest BCUT2D eigenvalue weighted by molar-refractivity contribution is 6.05. The molecule has 0 aliphatic heterocycles. The van der Waals surface area contributed by atoms with E-state index in [1.807, 2.05) is 20.8 Å². The van der Waals surface area contributed by atoms with E-state index in [1.54, 1.807) is 25.3 Å². The van der Waals surface area contributed by atoms with Gasteiger partial charge in [0.25, 0.3) is 0 Å². The third kappa shape index (κ3) is 5.95. The lowest BCUT2D eigenvalue weighted by molar-refractivity contribution is 0.104. The summed E-state index contributed by atoms with van der Waals surface area (Å²) in [5.41, 5.74) is 8.64. The number of nitrogens with zero attached hydrogens (tertiary/aromatic N) is 1. The van der Waals surface area contributed by atoms with Gasteiger partial charge in [-0.15, -0.1) is 0 Å². The van der Waals surface area contributed by atoms with E-state index in [2.05, 4.69) is 69.5 Å². The lowest BCUT2D eigenvalue weighted by atomic mass is 9.94. The molecule has 0 heterocycles. The molecule has 0 amide bonds. The van der Waals surface area contributed by atoms with Crippen LogP contribution < -0.4 is 4.74 Å². The van der Waals surface area contributed by atoms with E-state index in [0.717, 1.165) is 16.8 Å². The van der Waals surface area contributed by atoms with Gasteiger partial charge in [0, 0.05) is 18.3 Å². The number of ether oxygens (including phenoxy) is 1. The van der Waals surface area contributed by atoms with Gasteiger partial charge in [-0.1, -0.05) is 69.5 Å². The smallest absolute Gasteiger partial charge is 0.185 e. The summed E-state index contributed by atoms with van der Waals surface area (Å²) in [4.78, 5) is 16.6. The van der Waals surface area contributed by atoms with Crippen molar-refractivity contribution in [1.82, 2.24) is 0 Å². The fourth-order valence-electron chi connectivity index (χ4n) is 3.59. The van der Waals surface area contributed by atoms with E-state index in [-0.39, 0.29) is 7.21 Å². The highest BCUT2D eigenvalue weighted by Crippen LogP contribution is 2.30. The first kappa shape index (κ1) is 25.5. The van der Waals surface area contributed by atoms with Crippen molar-refractivity contribution in [2.75, 3.05) is 7.11 Å². The van der Waals surface area contributed by atoms with E-state index in [0.29, 0.717) is 17.0 Å². The SMILES string of the molecule is C=CC(=O)c1ccc(C(=C)N=C(C)c2ccc(-c3ccccc3C)c(C)c2)c(OC)c1.CC.[HH]. The highest BCUT2D eigenvalue weighted by Gasteiger charge is 2.12. The van der Waals surface area contributed by atoms with Crippen molar-refractivity contribution in [1.29, 1.82) is 0 Å². The van der Waals surface area contributed by atoms with Crippen LogP contribution in [0, 0.1) is 13.8 Å². The van der Waals surface area contributed by atoms with Crippen LogP contribution in [0.25, 0.3) is 16.8 Å². The Bertz CT molecular complexity index is 1210. The van der Waals surface area contributed by atoms with Gasteiger partial charge in [0.05, 0.1) is 12.8 Å². The number of carbonyl (C=O) groups excluding carboxylic acids is 1. The number of methoxy groups -OCH3 is 1. The lowest BCUT2D eigenvalue weighted by Crippen LogP contribution is -2.00. The molecule has 3 aromatic carbocycles. The van der Waals surface area contributed by atoms with Crippen LogP contribution in [0.2, 0.25) is 0 Å². The molecule has 33 heavy (non-hydrogen) atoms. The Morgan fingerprint density at radius 1 is 0.939 bits per heavy atom. The first-order chi connectivity index (χ1) is 15.8. The summed E-state index contributed by atoms with van der Waals surface area (Å²) in [6.07, 6.45) is 1.29. The van der Waals surface area contributed by atoms with E-state index >= 15 is 0 Å². The molecule has 0 bridgehead atoms. The van der Waals surface area contributed by atoms with Crippen LogP contribution in [0.3, 0.4) is 0 Å². The van der Waals surface area contributed by atoms with Gasteiger partial charge in [0.15, 0.2) is 5.78 Å². The Morgan fingerprint density at radius 3 is 2.18 bits per heavy atom. The predicted octanol–water partition coefficient (Wildman–Crippen LogP) is 8.10. The van der Waals surface area contributed by atoms with E-state index in [9.17, 15) is 4.79 Å². The van der Waals surface area contributed by atoms with Gasteiger partial charge in [0.1, 0.15) is 5.75 Å². The van der Waals surface area contributed by atoms with E-state index in [1.165, 1.54) is 28.3 Å². The summed E-state index contributed by atoms with van der Waals surface area (Å²) >= 11 is 0. The van der Waals surface area contributed by atoms with Gasteiger partial charge in [-0.05, 0) is 72.9 Å². The number of rotatable bonds is 7. The van der Waals surface area contributed by atoms with Gasteiger partial charge < -0.3 is 4.74 Å². The molecule has 172 valence electrons. The summed E-state index contributed by atoms with van der Waals surface area (Å²) in [5, 5.41) is 0. The standard InChI is InChI=1S/C28H27NO2.C2H6.H2/c1-7-27(30)23-13-15-26(28(17-23)31-6)21(5)29-20(4)22-12-14-25(19(3)16-22)24-11-9-8-10-18(24)2;1-2;/h7-17H,1,5H2,2-4,6H3;1-2H3;1H. The van der Waals surface area contributed by atoms with Crippen LogP contribution in [-0.2, 0) is 0 Å². The summed E-state index contributed by atoms with van der Waals surface area (Å²) in [6.45, 7) is 17.9. The molecule has 0 N–H and O–H groups in total. The maximum Gasteiger partial charge on any atom is 0.185 e. The molecule has 0 unspecified atom stereocenters. The monoisotopic (exact) mass is 441 g/mol. The molecule has 0 spiro atoms. The number of aryl methyl sites for hydroxylation is 2. The third-order valence-corrected chi connectivity index (χ3v) is 5.36. The average molecular weight is 442 g/mol. The van der Waals surface area contributed by atoms with Crippen LogP contribution in [-0.4, -0.2) is 18.6 Å². The molecule has 3 rings (SSSR count). The zero-order chi connectivity index (χ0) is 24.5. The summed E-state index contributed by atoms with van der Waals surface area (Å²) in [5.74, 6) is 0.402. The van der Waals surface area contributed by atoms with Crippen molar-refractivity contribution < 1.29 is 11.0 Å². The van der Waals surface area contributed by atoms with Crippen molar-refractivity contribution in [2.45, 2.75) is 34.6 Å². The molecule has 0 atom stereocenters. The number of hydrogen-bond acceptors (Lipinski definition) is 3. The van der Waals surface area contributed by atoms with E-state index in [4.69, 9.17) is 9.73 Å². The molecule has 0 fully saturated rings. The number of hydrogen-bond donors (Lipinski definition) is 0. The number of carbonyl (C=O) groups is 1. The quantitative estimate of drug-likeness (QED) is 0.211. The van der Waals surface area contributed by atoms with Crippen LogP contribution in [0.5, 0.6) is 5.75 Å². The molecular formula is C30H35NO2. The number of benzene rings is 3. The second kappa shape index (κ2) is 11.8. The zero-order valence-electron chi connectivity index (χ0n) is 20.5. The lowest BCUT2D eigenvalue weighted by Gasteiger charge is -2.13. The topological polar surface area (TPSA) is 38.7 Å². The number of ketones is 1. The molecule has 3 aromatic rings. The molecule has 0 radical (unpaired) electrons. The Morgan fingerprint density at radius 2 is 1.58 bits per heavy atom. The van der Waals surface area contributed by atoms with Crippen LogP contribution >= 0.6 is 0 Å². The predicted molar refractivity (Wildman–Crippen MR) is 144 cm³/mol. The van der Waals surface area contributed by atoms with Gasteiger partial charge in [-0.2, -0.15) is 0 Å². The molecule has 0 aliphatic carbocycles. The van der Waals surface area contributed by atoms with Crippen molar-refractivity contribution in [3.63, 3.8) is 0 Å². The summed E-state index contributed by atoms with van der Waals surface area (Å²) < 4.78 is 5.47. The third-order valence-electron chi connectivity index (χ3n) is 5.36. The fraction of sp³-hybridized carbons (Fsp3) is 0.200. The molecule has 0 aromatic heterocycles. The minimum absolute atomic E-state index is 0. The second-order valence-electron chi connectivity index (χ2n) is 7.47. The molecule has 0 saturated heterocycles. The van der Waals surface area contributed by atoms with Gasteiger partial charge >= 0.3 is 0 Å². The van der Waals surface area contributed by atoms with Crippen molar-refractivity contribution in [2.24, 2.45) is 4.99 Å². The van der Waals surface area contributed by atoms with Gasteiger partial charge in [0.2, 0.25) is 0 Å². The van der Waals surface area contributed by atoms with Crippen molar-refractivity contribution in [3.05, 3.63) is 108 Å². The van der Waals surface area contributed by atoms with Crippen LogP contribution in [0.4, 0.5) is 0 Å². The maximum absolute atomic E-state index is 11.9. The normalized spacial score (nSPS) is 10.7. The molecule has 0 saturated carbocycles. The Hall–Kier alpha value is -3.72. The molecule has 0 aliphatic rings. The van der Waals surface area contributed by atoms with Gasteiger partial charge in [-0.25, -0.2) is 0 Å². The average Bonchev–Trinajstić information content (AvgIpc) is 2.84. The van der Waals surface area contributed by atoms with Gasteiger partial charge in [-0.3, -0.25) is 9.79 Å². The number of allylic oxidation sites excluding steroid dienone is 1. The Labute approximate surface area is 199 Å². The minimum atomic E-state index is -0.153. The maximum atomic E-state index is 11.9. The van der Waals surface area contributed by atoms with Crippen LogP contribution in [0.1, 0.15) is 54.8 Å². The Kier molecular flexibility index (Phi) is 9.11. The Balaban J connectivity index is 0.00000188. The van der Waals surface area contributed by atoms with Crippen molar-refractivity contribution in [3.8, 4) is 16.9 Å². The zero-order valence-corrected chi connectivity index (χ0v) is 20.5. The molecular weight excluding hydrogens is 406 g/mol. The minimum Gasteiger partial charge on any atom is -0.496 e. The van der Waals surface area contributed by atoms with Crippen LogP contribution in [0.15, 0.2) is 84.9 Å². The fourth-order valence-corrected chi connectivity index (χ4v) is 3.59. The largest absolute Gasteiger partial charge is 0.496 e.